The Balaban J connectivity index is 1.97. The minimum atomic E-state index is -1.00. The number of aromatic nitrogens is 3. The third kappa shape index (κ3) is 2.58. The summed E-state index contributed by atoms with van der Waals surface area (Å²) >= 11 is 2.44. The Kier molecular flexibility index (Phi) is 3.20. The second kappa shape index (κ2) is 4.62. The fraction of sp³-hybridized carbons (Fsp3) is 0.250. The fourth-order valence-corrected chi connectivity index (χ4v) is 2.40. The van der Waals surface area contributed by atoms with Crippen molar-refractivity contribution in [2.24, 2.45) is 0 Å². The number of carbonyl (C=O) groups is 1. The Labute approximate surface area is 98.7 Å². The van der Waals surface area contributed by atoms with Gasteiger partial charge in [-0.25, -0.2) is 9.78 Å². The lowest BCUT2D eigenvalue weighted by Gasteiger charge is -1.90. The molecule has 0 aromatic carbocycles. The van der Waals surface area contributed by atoms with Crippen LogP contribution in [0.3, 0.4) is 0 Å². The van der Waals surface area contributed by atoms with Gasteiger partial charge < -0.3 is 9.52 Å². The molecule has 84 valence electrons. The largest absolute Gasteiger partial charge is 0.476 e. The topological polar surface area (TPSA) is 89.1 Å². The van der Waals surface area contributed by atoms with Crippen molar-refractivity contribution in [2.75, 3.05) is 0 Å². The average Bonchev–Trinajstić information content (AvgIpc) is 2.83. The number of aromatic carboxylic acids is 1. The molecular weight excluding hydrogens is 250 g/mol. The van der Waals surface area contributed by atoms with Crippen LogP contribution in [0.4, 0.5) is 0 Å². The molecule has 0 saturated heterocycles. The molecule has 16 heavy (non-hydrogen) atoms. The van der Waals surface area contributed by atoms with Gasteiger partial charge in [-0.15, -0.1) is 21.5 Å². The number of carboxylic acid groups (broad SMARTS) is 1. The Morgan fingerprint density at radius 3 is 3.00 bits per heavy atom. The average molecular weight is 257 g/mol. The molecule has 0 aliphatic carbocycles. The van der Waals surface area contributed by atoms with Gasteiger partial charge in [0.05, 0.1) is 5.69 Å². The SMILES string of the molecule is Cc1nnc(SCc2csc(C(=O)O)n2)o1. The molecule has 0 aliphatic heterocycles. The summed E-state index contributed by atoms with van der Waals surface area (Å²) in [5.41, 5.74) is 0.697. The van der Waals surface area contributed by atoms with Crippen LogP contribution in [0.5, 0.6) is 0 Å². The van der Waals surface area contributed by atoms with Crippen molar-refractivity contribution in [3.05, 3.63) is 22.0 Å². The minimum Gasteiger partial charge on any atom is -0.476 e. The van der Waals surface area contributed by atoms with Crippen LogP contribution in [0, 0.1) is 6.92 Å². The third-order valence-electron chi connectivity index (χ3n) is 1.59. The summed E-state index contributed by atoms with van der Waals surface area (Å²) in [7, 11) is 0. The molecule has 0 aliphatic rings. The van der Waals surface area contributed by atoms with Crippen LogP contribution >= 0.6 is 23.1 Å². The molecule has 2 heterocycles. The first-order valence-electron chi connectivity index (χ1n) is 4.26. The lowest BCUT2D eigenvalue weighted by Crippen LogP contribution is -1.94. The van der Waals surface area contributed by atoms with Gasteiger partial charge in [-0.05, 0) is 0 Å². The van der Waals surface area contributed by atoms with Crippen LogP contribution in [0.2, 0.25) is 0 Å². The third-order valence-corrected chi connectivity index (χ3v) is 3.32. The molecule has 0 spiro atoms. The maximum absolute atomic E-state index is 10.6. The second-order valence-electron chi connectivity index (χ2n) is 2.82. The van der Waals surface area contributed by atoms with Gasteiger partial charge in [0.2, 0.25) is 10.9 Å². The lowest BCUT2D eigenvalue weighted by atomic mass is 10.6. The number of carboxylic acids is 1. The number of rotatable bonds is 4. The van der Waals surface area contributed by atoms with Crippen molar-refractivity contribution in [1.29, 1.82) is 0 Å². The molecule has 0 radical (unpaired) electrons. The van der Waals surface area contributed by atoms with Crippen molar-refractivity contribution >= 4 is 29.1 Å². The van der Waals surface area contributed by atoms with E-state index in [-0.39, 0.29) is 5.01 Å². The van der Waals surface area contributed by atoms with Crippen LogP contribution in [0.25, 0.3) is 0 Å². The van der Waals surface area contributed by atoms with Gasteiger partial charge in [-0.3, -0.25) is 0 Å². The Morgan fingerprint density at radius 1 is 1.62 bits per heavy atom. The molecule has 0 amide bonds. The first kappa shape index (κ1) is 11.1. The van der Waals surface area contributed by atoms with Crippen molar-refractivity contribution < 1.29 is 14.3 Å². The molecule has 2 aromatic rings. The van der Waals surface area contributed by atoms with Crippen LogP contribution in [-0.4, -0.2) is 26.3 Å². The van der Waals surface area contributed by atoms with E-state index in [1.54, 1.807) is 12.3 Å². The zero-order valence-corrected chi connectivity index (χ0v) is 9.84. The van der Waals surface area contributed by atoms with Crippen molar-refractivity contribution in [1.82, 2.24) is 15.2 Å². The zero-order valence-electron chi connectivity index (χ0n) is 8.21. The van der Waals surface area contributed by atoms with Crippen LogP contribution < -0.4 is 0 Å². The summed E-state index contributed by atoms with van der Waals surface area (Å²) in [6, 6.07) is 0. The van der Waals surface area contributed by atoms with Gasteiger partial charge in [0, 0.05) is 18.1 Å². The van der Waals surface area contributed by atoms with Crippen molar-refractivity contribution in [3.8, 4) is 0 Å². The van der Waals surface area contributed by atoms with Gasteiger partial charge in [0.25, 0.3) is 5.22 Å². The van der Waals surface area contributed by atoms with E-state index in [9.17, 15) is 4.79 Å². The van der Waals surface area contributed by atoms with Gasteiger partial charge in [0.15, 0.2) is 0 Å². The molecule has 8 heteroatoms. The molecule has 6 nitrogen and oxygen atoms in total. The van der Waals surface area contributed by atoms with E-state index in [2.05, 4.69) is 15.2 Å². The normalized spacial score (nSPS) is 10.6. The van der Waals surface area contributed by atoms with Crippen LogP contribution in [-0.2, 0) is 5.75 Å². The number of thiazole rings is 1. The fourth-order valence-electron chi connectivity index (χ4n) is 0.944. The van der Waals surface area contributed by atoms with E-state index in [1.165, 1.54) is 11.8 Å². The number of nitrogens with zero attached hydrogens (tertiary/aromatic N) is 3. The molecule has 0 atom stereocenters. The molecule has 0 bridgehead atoms. The maximum atomic E-state index is 10.6. The van der Waals surface area contributed by atoms with Gasteiger partial charge in [0.1, 0.15) is 0 Å². The molecule has 0 unspecified atom stereocenters. The van der Waals surface area contributed by atoms with E-state index in [0.717, 1.165) is 11.3 Å². The van der Waals surface area contributed by atoms with Crippen molar-refractivity contribution in [2.45, 2.75) is 17.9 Å². The smallest absolute Gasteiger partial charge is 0.365 e. The highest BCUT2D eigenvalue weighted by Gasteiger charge is 2.10. The van der Waals surface area contributed by atoms with E-state index in [4.69, 9.17) is 9.52 Å². The van der Waals surface area contributed by atoms with E-state index in [1.807, 2.05) is 0 Å². The van der Waals surface area contributed by atoms with E-state index < -0.39 is 5.97 Å². The van der Waals surface area contributed by atoms with Gasteiger partial charge in [-0.1, -0.05) is 11.8 Å². The molecule has 2 aromatic heterocycles. The predicted octanol–water partition coefficient (Wildman–Crippen LogP) is 1.83. The predicted molar refractivity (Wildman–Crippen MR) is 57.7 cm³/mol. The van der Waals surface area contributed by atoms with Gasteiger partial charge >= 0.3 is 5.97 Å². The molecule has 2 rings (SSSR count). The first-order valence-corrected chi connectivity index (χ1v) is 6.12. The summed E-state index contributed by atoms with van der Waals surface area (Å²) < 4.78 is 5.16. The Bertz CT molecular complexity index is 508. The van der Waals surface area contributed by atoms with Gasteiger partial charge in [-0.2, -0.15) is 0 Å². The van der Waals surface area contributed by atoms with Crippen molar-refractivity contribution in [3.63, 3.8) is 0 Å². The van der Waals surface area contributed by atoms with E-state index >= 15 is 0 Å². The van der Waals surface area contributed by atoms with Crippen LogP contribution in [0.1, 0.15) is 21.4 Å². The highest BCUT2D eigenvalue weighted by atomic mass is 32.2. The molecular formula is C8H7N3O3S2. The summed E-state index contributed by atoms with van der Waals surface area (Å²) in [5, 5.41) is 18.4. The summed E-state index contributed by atoms with van der Waals surface area (Å²) in [6.07, 6.45) is 0. The Morgan fingerprint density at radius 2 is 2.44 bits per heavy atom. The first-order chi connectivity index (χ1) is 7.65. The highest BCUT2D eigenvalue weighted by Crippen LogP contribution is 2.22. The monoisotopic (exact) mass is 257 g/mol. The standard InChI is InChI=1S/C8H7N3O3S2/c1-4-10-11-8(14-4)16-3-5-2-15-6(9-5)7(12)13/h2H,3H2,1H3,(H,12,13). The molecule has 0 fully saturated rings. The number of aryl methyl sites for hydroxylation is 1. The van der Waals surface area contributed by atoms with E-state index in [0.29, 0.717) is 22.6 Å². The lowest BCUT2D eigenvalue weighted by molar-refractivity contribution is 0.0696. The summed E-state index contributed by atoms with van der Waals surface area (Å²) in [6.45, 7) is 1.71. The van der Waals surface area contributed by atoms with Crippen LogP contribution in [0.15, 0.2) is 15.0 Å². The second-order valence-corrected chi connectivity index (χ2v) is 4.61. The maximum Gasteiger partial charge on any atom is 0.365 e. The number of hydrogen-bond acceptors (Lipinski definition) is 7. The quantitative estimate of drug-likeness (QED) is 0.835. The number of thioether (sulfide) groups is 1. The summed E-state index contributed by atoms with van der Waals surface area (Å²) in [4.78, 5) is 14.5. The number of hydrogen-bond donors (Lipinski definition) is 1. The Hall–Kier alpha value is -1.41. The molecule has 0 saturated carbocycles. The highest BCUT2D eigenvalue weighted by molar-refractivity contribution is 7.98. The summed E-state index contributed by atoms with van der Waals surface area (Å²) in [5.74, 6) is 0.0210. The minimum absolute atomic E-state index is 0.0947. The molecule has 1 N–H and O–H groups in total. The zero-order chi connectivity index (χ0) is 11.5.